The zero-order chi connectivity index (χ0) is 21.1. The molecule has 1 fully saturated rings. The first-order valence-electron chi connectivity index (χ1n) is 9.40. The summed E-state index contributed by atoms with van der Waals surface area (Å²) >= 11 is 5.90. The van der Waals surface area contributed by atoms with Crippen molar-refractivity contribution in [1.29, 1.82) is 0 Å². The van der Waals surface area contributed by atoms with Gasteiger partial charge in [-0.1, -0.05) is 43.6 Å². The monoisotopic (exact) mass is 416 g/mol. The van der Waals surface area contributed by atoms with Gasteiger partial charge in [0, 0.05) is 16.1 Å². The number of rotatable bonds is 6. The van der Waals surface area contributed by atoms with E-state index in [1.807, 2.05) is 18.7 Å². The zero-order valence-corrected chi connectivity index (χ0v) is 17.0. The smallest absolute Gasteiger partial charge is 0.296 e. The molecule has 0 radical (unpaired) electrons. The minimum absolute atomic E-state index is 0.130. The van der Waals surface area contributed by atoms with E-state index in [2.05, 4.69) is 0 Å². The molecule has 152 valence electrons. The van der Waals surface area contributed by atoms with Gasteiger partial charge in [0.1, 0.15) is 11.6 Å². The van der Waals surface area contributed by atoms with Gasteiger partial charge in [-0.15, -0.1) is 0 Å². The van der Waals surface area contributed by atoms with Crippen molar-refractivity contribution in [3.8, 4) is 0 Å². The number of aliphatic hydroxyl groups is 1. The molecule has 1 atom stereocenters. The van der Waals surface area contributed by atoms with E-state index in [1.54, 1.807) is 30.3 Å². The topological polar surface area (TPSA) is 60.9 Å². The fourth-order valence-electron chi connectivity index (χ4n) is 3.45. The number of aliphatic hydroxyl groups excluding tert-OH is 1. The number of halogens is 2. The van der Waals surface area contributed by atoms with Crippen molar-refractivity contribution < 1.29 is 19.1 Å². The van der Waals surface area contributed by atoms with Gasteiger partial charge in [-0.3, -0.25) is 14.5 Å². The van der Waals surface area contributed by atoms with Crippen LogP contribution >= 0.6 is 11.6 Å². The van der Waals surface area contributed by atoms with E-state index in [4.69, 9.17) is 11.6 Å². The largest absolute Gasteiger partial charge is 0.507 e. The van der Waals surface area contributed by atoms with Gasteiger partial charge in [0.2, 0.25) is 0 Å². The normalized spacial score (nSPS) is 18.7. The van der Waals surface area contributed by atoms with E-state index in [0.29, 0.717) is 23.7 Å². The van der Waals surface area contributed by atoms with E-state index in [9.17, 15) is 19.1 Å². The maximum atomic E-state index is 14.7. The Morgan fingerprint density at radius 2 is 1.72 bits per heavy atom. The number of ketones is 1. The summed E-state index contributed by atoms with van der Waals surface area (Å²) in [5, 5.41) is 11.4. The summed E-state index contributed by atoms with van der Waals surface area (Å²) in [7, 11) is 0. The van der Waals surface area contributed by atoms with Crippen molar-refractivity contribution in [3.63, 3.8) is 0 Å². The van der Waals surface area contributed by atoms with Crippen LogP contribution in [0, 0.1) is 5.82 Å². The third-order valence-corrected chi connectivity index (χ3v) is 5.36. The minimum atomic E-state index is -1.02. The number of hydrogen-bond donors (Lipinski definition) is 1. The molecule has 3 rings (SSSR count). The van der Waals surface area contributed by atoms with Gasteiger partial charge in [0.15, 0.2) is 0 Å². The Kier molecular flexibility index (Phi) is 6.35. The van der Waals surface area contributed by atoms with Crippen LogP contribution in [-0.4, -0.2) is 46.4 Å². The van der Waals surface area contributed by atoms with E-state index in [1.165, 1.54) is 23.1 Å². The molecule has 2 aromatic rings. The number of Topliss-reactive ketones (excluding diaryl/α,β-unsaturated/α-hetero) is 1. The van der Waals surface area contributed by atoms with Gasteiger partial charge in [-0.2, -0.15) is 0 Å². The summed E-state index contributed by atoms with van der Waals surface area (Å²) in [6.45, 7) is 5.33. The molecule has 1 N–H and O–H groups in total. The van der Waals surface area contributed by atoms with Crippen LogP contribution < -0.4 is 0 Å². The molecule has 1 saturated heterocycles. The summed E-state index contributed by atoms with van der Waals surface area (Å²) in [6.07, 6.45) is 0. The number of nitrogens with zero attached hydrogens (tertiary/aromatic N) is 2. The first-order chi connectivity index (χ1) is 13.9. The van der Waals surface area contributed by atoms with Crippen molar-refractivity contribution >= 4 is 29.1 Å². The molecule has 0 unspecified atom stereocenters. The molecule has 1 aliphatic rings. The van der Waals surface area contributed by atoms with Gasteiger partial charge in [0.05, 0.1) is 18.3 Å². The fourth-order valence-corrected chi connectivity index (χ4v) is 3.57. The number of likely N-dealkylation sites (tertiary alicyclic amines) is 1. The van der Waals surface area contributed by atoms with E-state index in [-0.39, 0.29) is 23.6 Å². The molecule has 0 bridgehead atoms. The van der Waals surface area contributed by atoms with Crippen LogP contribution in [0.15, 0.2) is 54.1 Å². The van der Waals surface area contributed by atoms with Crippen molar-refractivity contribution in [2.45, 2.75) is 19.9 Å². The van der Waals surface area contributed by atoms with Gasteiger partial charge in [-0.25, -0.2) is 4.39 Å². The van der Waals surface area contributed by atoms with Gasteiger partial charge in [0.25, 0.3) is 11.7 Å². The molecule has 29 heavy (non-hydrogen) atoms. The van der Waals surface area contributed by atoms with E-state index >= 15 is 0 Å². The molecule has 1 heterocycles. The predicted molar refractivity (Wildman–Crippen MR) is 110 cm³/mol. The third-order valence-electron chi connectivity index (χ3n) is 5.10. The Labute approximate surface area is 174 Å². The molecule has 0 spiro atoms. The zero-order valence-electron chi connectivity index (χ0n) is 16.2. The molecule has 0 saturated carbocycles. The highest BCUT2D eigenvalue weighted by atomic mass is 35.5. The van der Waals surface area contributed by atoms with Crippen LogP contribution in [0.5, 0.6) is 0 Å². The van der Waals surface area contributed by atoms with Gasteiger partial charge >= 0.3 is 0 Å². The second-order valence-electron chi connectivity index (χ2n) is 6.74. The van der Waals surface area contributed by atoms with Crippen molar-refractivity contribution in [3.05, 3.63) is 76.1 Å². The first-order valence-corrected chi connectivity index (χ1v) is 9.77. The number of benzene rings is 2. The number of amides is 1. The van der Waals surface area contributed by atoms with E-state index < -0.39 is 23.5 Å². The molecule has 5 nitrogen and oxygen atoms in total. The molecule has 7 heteroatoms. The SMILES string of the molecule is CCN(CC)CN1C(=O)C(=O)C(=C(O)c2ccc(Cl)cc2)[C@H]1c1ccccc1F. The molecule has 1 aliphatic heterocycles. The maximum Gasteiger partial charge on any atom is 0.296 e. The summed E-state index contributed by atoms with van der Waals surface area (Å²) in [4.78, 5) is 29.0. The molecular formula is C22H22ClFN2O3. The second-order valence-corrected chi connectivity index (χ2v) is 7.18. The van der Waals surface area contributed by atoms with Crippen LogP contribution in [0.3, 0.4) is 0 Å². The van der Waals surface area contributed by atoms with Crippen LogP contribution in [0.1, 0.15) is 31.0 Å². The fraction of sp³-hybridized carbons (Fsp3) is 0.273. The highest BCUT2D eigenvalue weighted by molar-refractivity contribution is 6.46. The third kappa shape index (κ3) is 4.04. The first kappa shape index (κ1) is 21.0. The lowest BCUT2D eigenvalue weighted by Gasteiger charge is -2.30. The van der Waals surface area contributed by atoms with Crippen molar-refractivity contribution in [1.82, 2.24) is 9.80 Å². The lowest BCUT2D eigenvalue weighted by Crippen LogP contribution is -2.40. The highest BCUT2D eigenvalue weighted by Crippen LogP contribution is 2.40. The number of carbonyl (C=O) groups is 2. The average molecular weight is 417 g/mol. The minimum Gasteiger partial charge on any atom is -0.507 e. The second kappa shape index (κ2) is 8.76. The number of hydrogen-bond acceptors (Lipinski definition) is 4. The highest BCUT2D eigenvalue weighted by Gasteiger charge is 2.47. The average Bonchev–Trinajstić information content (AvgIpc) is 2.97. The van der Waals surface area contributed by atoms with E-state index in [0.717, 1.165) is 0 Å². The predicted octanol–water partition coefficient (Wildman–Crippen LogP) is 4.20. The standard InChI is InChI=1S/C22H22ClFN2O3/c1-3-25(4-2)13-26-19(16-7-5-6-8-17(16)24)18(21(28)22(26)29)20(27)14-9-11-15(23)12-10-14/h5-12,19,27H,3-4,13H2,1-2H3/t19-/m1/s1. The van der Waals surface area contributed by atoms with Crippen LogP contribution in [0.25, 0.3) is 5.76 Å². The lowest BCUT2D eigenvalue weighted by molar-refractivity contribution is -0.141. The maximum absolute atomic E-state index is 14.7. The number of carbonyl (C=O) groups excluding carboxylic acids is 2. The molecule has 1 amide bonds. The molecular weight excluding hydrogens is 395 g/mol. The summed E-state index contributed by atoms with van der Waals surface area (Å²) < 4.78 is 14.7. The Hall–Kier alpha value is -2.70. The molecule has 2 aromatic carbocycles. The molecule has 0 aliphatic carbocycles. The van der Waals surface area contributed by atoms with Crippen LogP contribution in [0.2, 0.25) is 5.02 Å². The lowest BCUT2D eigenvalue weighted by atomic mass is 9.95. The Morgan fingerprint density at radius 1 is 1.10 bits per heavy atom. The summed E-state index contributed by atoms with van der Waals surface area (Å²) in [6, 6.07) is 11.2. The Bertz CT molecular complexity index is 955. The van der Waals surface area contributed by atoms with Crippen LogP contribution in [-0.2, 0) is 9.59 Å². The van der Waals surface area contributed by atoms with Crippen LogP contribution in [0.4, 0.5) is 4.39 Å². The van der Waals surface area contributed by atoms with Crippen molar-refractivity contribution in [2.75, 3.05) is 19.8 Å². The van der Waals surface area contributed by atoms with Crippen molar-refractivity contribution in [2.24, 2.45) is 0 Å². The quantitative estimate of drug-likeness (QED) is 0.435. The van der Waals surface area contributed by atoms with Gasteiger partial charge in [-0.05, 0) is 43.4 Å². The Balaban J connectivity index is 2.18. The summed E-state index contributed by atoms with van der Waals surface area (Å²) in [5.41, 5.74) is 0.362. The molecule has 0 aromatic heterocycles. The van der Waals surface area contributed by atoms with Gasteiger partial charge < -0.3 is 10.0 Å². The Morgan fingerprint density at radius 3 is 2.31 bits per heavy atom. The summed E-state index contributed by atoms with van der Waals surface area (Å²) in [5.74, 6) is -2.50.